The largest absolute Gasteiger partial charge is 0.388 e. The fourth-order valence-corrected chi connectivity index (χ4v) is 3.10. The number of benzene rings is 1. The smallest absolute Gasteiger partial charge is 0.319 e. The number of carbonyl (C=O) groups is 1. The second-order valence-corrected chi connectivity index (χ2v) is 5.98. The van der Waals surface area contributed by atoms with E-state index < -0.39 is 6.10 Å². The molecule has 6 nitrogen and oxygen atoms in total. The number of amides is 2. The summed E-state index contributed by atoms with van der Waals surface area (Å²) in [5.41, 5.74) is 0.738. The van der Waals surface area contributed by atoms with Crippen molar-refractivity contribution in [2.45, 2.75) is 29.2 Å². The lowest BCUT2D eigenvalue weighted by Gasteiger charge is -2.17. The Kier molecular flexibility index (Phi) is 4.34. The van der Waals surface area contributed by atoms with Crippen LogP contribution in [0.1, 0.15) is 0 Å². The number of aliphatic hydroxyl groups is 1. The van der Waals surface area contributed by atoms with Gasteiger partial charge in [-0.3, -0.25) is 0 Å². The molecule has 2 fully saturated rings. The first-order chi connectivity index (χ1) is 10.2. The molecule has 2 amide bonds. The average molecular weight is 310 g/mol. The van der Waals surface area contributed by atoms with Crippen LogP contribution < -0.4 is 10.6 Å². The number of urea groups is 1. The van der Waals surface area contributed by atoms with E-state index in [4.69, 9.17) is 9.47 Å². The molecule has 21 heavy (non-hydrogen) atoms. The summed E-state index contributed by atoms with van der Waals surface area (Å²) in [6.07, 6.45) is 0.763. The standard InChI is InChI=1S/C14H18N2O4S/c1-21-9-4-2-3-8(5-9)15-14(18)16-10-6-19-13-11(17)7-20-12(10)13/h2-5,10-13,17H,6-7H2,1H3,(H2,15,16,18)/t10-,11-,12-,13+/m1/s1. The second kappa shape index (κ2) is 6.23. The number of thioether (sulfide) groups is 1. The maximum atomic E-state index is 12.0. The summed E-state index contributed by atoms with van der Waals surface area (Å²) >= 11 is 1.62. The number of aliphatic hydroxyl groups excluding tert-OH is 1. The van der Waals surface area contributed by atoms with E-state index in [2.05, 4.69) is 10.6 Å². The average Bonchev–Trinajstić information content (AvgIpc) is 3.03. The summed E-state index contributed by atoms with van der Waals surface area (Å²) in [5, 5.41) is 15.3. The van der Waals surface area contributed by atoms with E-state index in [0.29, 0.717) is 6.61 Å². The molecule has 0 aromatic heterocycles. The number of rotatable bonds is 3. The van der Waals surface area contributed by atoms with Crippen LogP contribution >= 0.6 is 11.8 Å². The second-order valence-electron chi connectivity index (χ2n) is 5.10. The first kappa shape index (κ1) is 14.6. The molecule has 2 heterocycles. The summed E-state index contributed by atoms with van der Waals surface area (Å²) in [7, 11) is 0. The lowest BCUT2D eigenvalue weighted by molar-refractivity contribution is 0.0180. The van der Waals surface area contributed by atoms with E-state index >= 15 is 0 Å². The molecule has 2 aliphatic heterocycles. The number of hydrogen-bond acceptors (Lipinski definition) is 5. The molecular formula is C14H18N2O4S. The highest BCUT2D eigenvalue weighted by Gasteiger charge is 2.47. The van der Waals surface area contributed by atoms with Gasteiger partial charge in [0.1, 0.15) is 18.3 Å². The van der Waals surface area contributed by atoms with Gasteiger partial charge in [0.15, 0.2) is 0 Å². The van der Waals surface area contributed by atoms with E-state index in [1.807, 2.05) is 30.5 Å². The van der Waals surface area contributed by atoms with Gasteiger partial charge in [-0.2, -0.15) is 0 Å². The Labute approximate surface area is 127 Å². The fourth-order valence-electron chi connectivity index (χ4n) is 2.64. The molecule has 2 aliphatic rings. The monoisotopic (exact) mass is 310 g/mol. The molecule has 0 unspecified atom stereocenters. The van der Waals surface area contributed by atoms with Gasteiger partial charge in [-0.25, -0.2) is 4.79 Å². The van der Waals surface area contributed by atoms with Crippen LogP contribution in [0.15, 0.2) is 29.2 Å². The third-order valence-electron chi connectivity index (χ3n) is 3.67. The van der Waals surface area contributed by atoms with Gasteiger partial charge < -0.3 is 25.2 Å². The highest BCUT2D eigenvalue weighted by molar-refractivity contribution is 7.98. The molecule has 0 aliphatic carbocycles. The van der Waals surface area contributed by atoms with E-state index in [-0.39, 0.29) is 30.9 Å². The summed E-state index contributed by atoms with van der Waals surface area (Å²) in [6, 6.07) is 7.09. The van der Waals surface area contributed by atoms with Crippen LogP contribution in [0.4, 0.5) is 10.5 Å². The molecule has 0 bridgehead atoms. The van der Waals surface area contributed by atoms with Crippen molar-refractivity contribution in [2.75, 3.05) is 24.8 Å². The summed E-state index contributed by atoms with van der Waals surface area (Å²) < 4.78 is 10.9. The van der Waals surface area contributed by atoms with E-state index in [9.17, 15) is 9.90 Å². The lowest BCUT2D eigenvalue weighted by Crippen LogP contribution is -2.46. The number of nitrogens with one attached hydrogen (secondary N) is 2. The molecule has 3 rings (SSSR count). The Bertz CT molecular complexity index is 527. The van der Waals surface area contributed by atoms with E-state index in [1.165, 1.54) is 0 Å². The van der Waals surface area contributed by atoms with Gasteiger partial charge in [0.05, 0.1) is 19.3 Å². The minimum Gasteiger partial charge on any atom is -0.388 e. The van der Waals surface area contributed by atoms with Gasteiger partial charge >= 0.3 is 6.03 Å². The molecule has 0 saturated carbocycles. The van der Waals surface area contributed by atoms with E-state index in [1.54, 1.807) is 11.8 Å². The van der Waals surface area contributed by atoms with Crippen LogP contribution in [0.25, 0.3) is 0 Å². The molecular weight excluding hydrogens is 292 g/mol. The van der Waals surface area contributed by atoms with Crippen molar-refractivity contribution >= 4 is 23.5 Å². The van der Waals surface area contributed by atoms with Gasteiger partial charge in [0.2, 0.25) is 0 Å². The first-order valence-electron chi connectivity index (χ1n) is 6.80. The molecule has 7 heteroatoms. The zero-order valence-corrected chi connectivity index (χ0v) is 12.4. The van der Waals surface area contributed by atoms with Gasteiger partial charge in [0.25, 0.3) is 0 Å². The van der Waals surface area contributed by atoms with Crippen molar-refractivity contribution in [3.05, 3.63) is 24.3 Å². The van der Waals surface area contributed by atoms with Gasteiger partial charge in [-0.1, -0.05) is 6.07 Å². The molecule has 1 aromatic rings. The number of fused-ring (bicyclic) bond motifs is 1. The topological polar surface area (TPSA) is 79.8 Å². The number of ether oxygens (including phenoxy) is 2. The van der Waals surface area contributed by atoms with Crippen LogP contribution in [0, 0.1) is 0 Å². The number of hydrogen-bond donors (Lipinski definition) is 3. The van der Waals surface area contributed by atoms with Crippen molar-refractivity contribution in [1.29, 1.82) is 0 Å². The van der Waals surface area contributed by atoms with Crippen LogP contribution in [0.5, 0.6) is 0 Å². The highest BCUT2D eigenvalue weighted by Crippen LogP contribution is 2.27. The molecule has 0 spiro atoms. The van der Waals surface area contributed by atoms with Crippen molar-refractivity contribution in [3.8, 4) is 0 Å². The summed E-state index contributed by atoms with van der Waals surface area (Å²) in [4.78, 5) is 13.1. The minimum atomic E-state index is -0.608. The third kappa shape index (κ3) is 3.16. The Morgan fingerprint density at radius 3 is 2.95 bits per heavy atom. The van der Waals surface area contributed by atoms with Crippen molar-refractivity contribution in [1.82, 2.24) is 5.32 Å². The molecule has 3 N–H and O–H groups in total. The Morgan fingerprint density at radius 1 is 1.33 bits per heavy atom. The van der Waals surface area contributed by atoms with Gasteiger partial charge in [-0.05, 0) is 24.5 Å². The number of carbonyl (C=O) groups excluding carboxylic acids is 1. The predicted molar refractivity (Wildman–Crippen MR) is 79.7 cm³/mol. The summed E-state index contributed by atoms with van der Waals surface area (Å²) in [6.45, 7) is 0.607. The van der Waals surface area contributed by atoms with Crippen LogP contribution in [0.3, 0.4) is 0 Å². The maximum absolute atomic E-state index is 12.0. The quantitative estimate of drug-likeness (QED) is 0.728. The predicted octanol–water partition coefficient (Wildman–Crippen LogP) is 1.06. The SMILES string of the molecule is CSc1cccc(NC(=O)N[C@@H]2CO[C@@H]3[C@@H]2OC[C@H]3O)c1. The lowest BCUT2D eigenvalue weighted by atomic mass is 10.1. The van der Waals surface area contributed by atoms with Crippen LogP contribution in [-0.2, 0) is 9.47 Å². The zero-order valence-electron chi connectivity index (χ0n) is 11.6. The normalized spacial score (nSPS) is 31.0. The van der Waals surface area contributed by atoms with Crippen molar-refractivity contribution < 1.29 is 19.4 Å². The van der Waals surface area contributed by atoms with Gasteiger partial charge in [0, 0.05) is 10.6 Å². The highest BCUT2D eigenvalue weighted by atomic mass is 32.2. The van der Waals surface area contributed by atoms with Crippen LogP contribution in [-0.4, -0.2) is 55.0 Å². The van der Waals surface area contributed by atoms with E-state index in [0.717, 1.165) is 10.6 Å². The molecule has 0 radical (unpaired) electrons. The Balaban J connectivity index is 1.57. The zero-order chi connectivity index (χ0) is 14.8. The maximum Gasteiger partial charge on any atom is 0.319 e. The third-order valence-corrected chi connectivity index (χ3v) is 4.40. The molecule has 2 saturated heterocycles. The molecule has 4 atom stereocenters. The Morgan fingerprint density at radius 2 is 2.14 bits per heavy atom. The van der Waals surface area contributed by atoms with Gasteiger partial charge in [-0.15, -0.1) is 11.8 Å². The Hall–Kier alpha value is -1.28. The van der Waals surface area contributed by atoms with Crippen LogP contribution in [0.2, 0.25) is 0 Å². The molecule has 1 aromatic carbocycles. The first-order valence-corrected chi connectivity index (χ1v) is 8.02. The fraction of sp³-hybridized carbons (Fsp3) is 0.500. The number of anilines is 1. The van der Waals surface area contributed by atoms with Crippen molar-refractivity contribution in [2.24, 2.45) is 0 Å². The minimum absolute atomic E-state index is 0.240. The van der Waals surface area contributed by atoms with Crippen molar-refractivity contribution in [3.63, 3.8) is 0 Å². The summed E-state index contributed by atoms with van der Waals surface area (Å²) in [5.74, 6) is 0. The molecule has 114 valence electrons.